The molecule has 0 saturated carbocycles. The second kappa shape index (κ2) is 7.82. The molecule has 0 spiro atoms. The van der Waals surface area contributed by atoms with Gasteiger partial charge in [0.25, 0.3) is 6.49 Å². The molecule has 21 heavy (non-hydrogen) atoms. The van der Waals surface area contributed by atoms with E-state index in [1.54, 1.807) is 0 Å². The minimum Gasteiger partial charge on any atom is -0.321 e. The minimum atomic E-state index is -4.17. The maximum atomic E-state index is 12.0. The molecule has 1 aromatic carbocycles. The van der Waals surface area contributed by atoms with E-state index >= 15 is 0 Å². The highest BCUT2D eigenvalue weighted by molar-refractivity contribution is 8.13. The molecule has 0 aliphatic heterocycles. The standard InChI is InChI=1S/C13H18ClN2O4P/c1-9(15)12(17)21(14,19)13(18)10(2)16-20-8-11-6-4-3-5-7-11/h3-7,9-10,16H,8,15H2,1-2H3/t9-,10-,21?/m0/s1. The number of halogens is 1. The van der Waals surface area contributed by atoms with Gasteiger partial charge in [-0.05, 0) is 30.7 Å². The summed E-state index contributed by atoms with van der Waals surface area (Å²) in [5.74, 6) is 0. The topological polar surface area (TPSA) is 98.5 Å². The molecule has 3 atom stereocenters. The van der Waals surface area contributed by atoms with Crippen molar-refractivity contribution in [2.75, 3.05) is 0 Å². The summed E-state index contributed by atoms with van der Waals surface area (Å²) in [6, 6.07) is 7.21. The van der Waals surface area contributed by atoms with Crippen LogP contribution in [0.15, 0.2) is 30.3 Å². The van der Waals surface area contributed by atoms with Crippen molar-refractivity contribution in [2.24, 2.45) is 5.73 Å². The van der Waals surface area contributed by atoms with Crippen molar-refractivity contribution >= 4 is 28.8 Å². The first-order valence-electron chi connectivity index (χ1n) is 6.32. The van der Waals surface area contributed by atoms with Gasteiger partial charge >= 0.3 is 0 Å². The Hall–Kier alpha value is -1.04. The van der Waals surface area contributed by atoms with E-state index in [1.165, 1.54) is 13.8 Å². The van der Waals surface area contributed by atoms with Gasteiger partial charge in [0, 0.05) is 0 Å². The minimum absolute atomic E-state index is 0.215. The van der Waals surface area contributed by atoms with E-state index in [4.69, 9.17) is 21.8 Å². The molecule has 0 amide bonds. The number of carbonyl (C=O) groups is 2. The second-order valence-electron chi connectivity index (χ2n) is 4.61. The first kappa shape index (κ1) is 18.0. The van der Waals surface area contributed by atoms with Crippen molar-refractivity contribution in [3.05, 3.63) is 35.9 Å². The SMILES string of the molecule is C[C@H](N)C(=O)P(=O)(Cl)C(=O)[C@H](C)NOCc1ccccc1. The van der Waals surface area contributed by atoms with E-state index in [9.17, 15) is 14.2 Å². The van der Waals surface area contributed by atoms with Crippen molar-refractivity contribution < 1.29 is 19.0 Å². The number of hydroxylamine groups is 1. The number of hydrogen-bond acceptors (Lipinski definition) is 6. The zero-order valence-corrected chi connectivity index (χ0v) is 13.4. The third-order valence-corrected chi connectivity index (χ3v) is 5.60. The second-order valence-corrected chi connectivity index (χ2v) is 7.99. The lowest BCUT2D eigenvalue weighted by Gasteiger charge is -2.16. The molecule has 1 rings (SSSR count). The molecule has 0 fully saturated rings. The van der Waals surface area contributed by atoms with E-state index in [2.05, 4.69) is 5.48 Å². The Morgan fingerprint density at radius 1 is 1.29 bits per heavy atom. The van der Waals surface area contributed by atoms with Crippen molar-refractivity contribution in [3.8, 4) is 0 Å². The fourth-order valence-corrected chi connectivity index (χ4v) is 3.69. The Bertz CT molecular complexity index is 550. The summed E-state index contributed by atoms with van der Waals surface area (Å²) in [5.41, 5.74) is 6.78. The molecule has 0 aliphatic carbocycles. The van der Waals surface area contributed by atoms with Gasteiger partial charge < -0.3 is 5.73 Å². The van der Waals surface area contributed by atoms with Crippen molar-refractivity contribution in [1.82, 2.24) is 5.48 Å². The van der Waals surface area contributed by atoms with Crippen LogP contribution in [0.5, 0.6) is 0 Å². The van der Waals surface area contributed by atoms with Gasteiger partial charge in [0.1, 0.15) is 0 Å². The molecule has 0 bridgehead atoms. The largest absolute Gasteiger partial charge is 0.321 e. The molecule has 0 radical (unpaired) electrons. The van der Waals surface area contributed by atoms with Gasteiger partial charge in [-0.25, -0.2) is 0 Å². The number of rotatable bonds is 8. The molecule has 0 aromatic heterocycles. The number of nitrogens with one attached hydrogen (secondary N) is 1. The summed E-state index contributed by atoms with van der Waals surface area (Å²) < 4.78 is 12.0. The van der Waals surface area contributed by atoms with E-state index in [1.807, 2.05) is 30.3 Å². The molecular formula is C13H18ClN2O4P. The molecule has 6 nitrogen and oxygen atoms in total. The third-order valence-electron chi connectivity index (χ3n) is 2.67. The van der Waals surface area contributed by atoms with Gasteiger partial charge in [-0.15, -0.1) is 0 Å². The van der Waals surface area contributed by atoms with Crippen LogP contribution in [0.1, 0.15) is 19.4 Å². The highest BCUT2D eigenvalue weighted by Crippen LogP contribution is 2.54. The molecule has 0 aliphatic rings. The van der Waals surface area contributed by atoms with Crippen LogP contribution < -0.4 is 11.2 Å². The molecular weight excluding hydrogens is 315 g/mol. The van der Waals surface area contributed by atoms with Gasteiger partial charge in [-0.3, -0.25) is 19.0 Å². The highest BCUT2D eigenvalue weighted by Gasteiger charge is 2.41. The van der Waals surface area contributed by atoms with E-state index < -0.39 is 29.6 Å². The van der Waals surface area contributed by atoms with E-state index in [0.29, 0.717) is 0 Å². The monoisotopic (exact) mass is 332 g/mol. The summed E-state index contributed by atoms with van der Waals surface area (Å²) in [6.45, 7) is -1.22. The summed E-state index contributed by atoms with van der Waals surface area (Å²) in [7, 11) is 0. The van der Waals surface area contributed by atoms with Crippen LogP contribution in [0.2, 0.25) is 0 Å². The van der Waals surface area contributed by atoms with Gasteiger partial charge in [0.05, 0.1) is 18.7 Å². The maximum absolute atomic E-state index is 12.0. The van der Waals surface area contributed by atoms with E-state index in [-0.39, 0.29) is 6.61 Å². The van der Waals surface area contributed by atoms with Crippen LogP contribution in [0.4, 0.5) is 0 Å². The van der Waals surface area contributed by atoms with Crippen LogP contribution in [-0.4, -0.2) is 23.1 Å². The Balaban J connectivity index is 2.55. The number of benzene rings is 1. The zero-order valence-electron chi connectivity index (χ0n) is 11.8. The average Bonchev–Trinajstić information content (AvgIpc) is 2.46. The lowest BCUT2D eigenvalue weighted by molar-refractivity contribution is -0.119. The molecule has 0 saturated heterocycles. The molecule has 0 heterocycles. The summed E-state index contributed by atoms with van der Waals surface area (Å²) in [4.78, 5) is 28.7. The highest BCUT2D eigenvalue weighted by atomic mass is 35.7. The average molecular weight is 333 g/mol. The number of nitrogens with two attached hydrogens (primary N) is 1. The fraction of sp³-hybridized carbons (Fsp3) is 0.385. The quantitative estimate of drug-likeness (QED) is 0.558. The zero-order chi connectivity index (χ0) is 16.0. The molecule has 1 unspecified atom stereocenters. The summed E-state index contributed by atoms with van der Waals surface area (Å²) >= 11 is 5.60. The molecule has 1 aromatic rings. The van der Waals surface area contributed by atoms with Crippen LogP contribution in [0, 0.1) is 0 Å². The Labute approximate surface area is 128 Å². The smallest absolute Gasteiger partial charge is 0.297 e. The van der Waals surface area contributed by atoms with Crippen LogP contribution in [0.3, 0.4) is 0 Å². The molecule has 8 heteroatoms. The first-order chi connectivity index (χ1) is 9.76. The van der Waals surface area contributed by atoms with Crippen molar-refractivity contribution in [1.29, 1.82) is 0 Å². The van der Waals surface area contributed by atoms with Crippen LogP contribution in [0.25, 0.3) is 0 Å². The lowest BCUT2D eigenvalue weighted by atomic mass is 10.2. The Morgan fingerprint density at radius 2 is 1.86 bits per heavy atom. The summed E-state index contributed by atoms with van der Waals surface area (Å²) in [6.07, 6.45) is 0. The first-order valence-corrected chi connectivity index (χ1v) is 8.93. The van der Waals surface area contributed by atoms with E-state index in [0.717, 1.165) is 5.56 Å². The van der Waals surface area contributed by atoms with Gasteiger partial charge in [0.15, 0.2) is 0 Å². The predicted molar refractivity (Wildman–Crippen MR) is 81.0 cm³/mol. The Morgan fingerprint density at radius 3 is 2.38 bits per heavy atom. The molecule has 3 N–H and O–H groups in total. The number of carbonyl (C=O) groups excluding carboxylic acids is 2. The summed E-state index contributed by atoms with van der Waals surface area (Å²) in [5, 5.41) is 0. The van der Waals surface area contributed by atoms with Crippen LogP contribution in [-0.2, 0) is 25.6 Å². The normalized spacial score (nSPS) is 16.8. The third kappa shape index (κ3) is 5.02. The van der Waals surface area contributed by atoms with Crippen molar-refractivity contribution in [3.63, 3.8) is 0 Å². The van der Waals surface area contributed by atoms with Crippen molar-refractivity contribution in [2.45, 2.75) is 32.5 Å². The van der Waals surface area contributed by atoms with Gasteiger partial charge in [0.2, 0.25) is 11.0 Å². The van der Waals surface area contributed by atoms with Crippen LogP contribution >= 0.6 is 17.7 Å². The number of hydrogen-bond donors (Lipinski definition) is 2. The Kier molecular flexibility index (Phi) is 6.71. The molecule has 116 valence electrons. The fourth-order valence-electron chi connectivity index (χ4n) is 1.49. The maximum Gasteiger partial charge on any atom is 0.297 e. The lowest BCUT2D eigenvalue weighted by Crippen LogP contribution is -2.36. The van der Waals surface area contributed by atoms with Gasteiger partial charge in [-0.2, -0.15) is 5.48 Å². The predicted octanol–water partition coefficient (Wildman–Crippen LogP) is 2.01. The van der Waals surface area contributed by atoms with Gasteiger partial charge in [-0.1, -0.05) is 30.3 Å².